The quantitative estimate of drug-likeness (QED) is 0.387. The third-order valence-corrected chi connectivity index (χ3v) is 11.3. The van der Waals surface area contributed by atoms with Crippen molar-refractivity contribution in [2.24, 2.45) is 13.0 Å². The van der Waals surface area contributed by atoms with E-state index in [-0.39, 0.29) is 15.6 Å². The first-order chi connectivity index (χ1) is 13.4. The van der Waals surface area contributed by atoms with Crippen molar-refractivity contribution in [1.29, 1.82) is 0 Å². The van der Waals surface area contributed by atoms with Crippen molar-refractivity contribution in [3.05, 3.63) is 27.9 Å². The summed E-state index contributed by atoms with van der Waals surface area (Å²) in [5.74, 6) is 0.516. The van der Waals surface area contributed by atoms with Crippen LogP contribution in [0.2, 0.25) is 18.1 Å². The van der Waals surface area contributed by atoms with Gasteiger partial charge >= 0.3 is 0 Å². The molecule has 1 aliphatic rings. The van der Waals surface area contributed by atoms with Crippen molar-refractivity contribution in [3.8, 4) is 0 Å². The molecular weight excluding hydrogens is 384 g/mol. The third-order valence-electron chi connectivity index (χ3n) is 6.77. The number of benzene rings is 1. The molecule has 0 saturated carbocycles. The second kappa shape index (κ2) is 7.72. The summed E-state index contributed by atoms with van der Waals surface area (Å²) in [4.78, 5) is 13.6. The highest BCUT2D eigenvalue weighted by Crippen LogP contribution is 2.38. The van der Waals surface area contributed by atoms with Crippen LogP contribution in [-0.2, 0) is 11.5 Å². The molecule has 0 bridgehead atoms. The van der Waals surface area contributed by atoms with Crippen LogP contribution < -0.4 is 4.90 Å². The van der Waals surface area contributed by atoms with Crippen molar-refractivity contribution in [2.45, 2.75) is 58.7 Å². The molecular formula is C21H34N4O3Si. The van der Waals surface area contributed by atoms with E-state index in [4.69, 9.17) is 4.43 Å². The van der Waals surface area contributed by atoms with Gasteiger partial charge in [-0.15, -0.1) is 0 Å². The summed E-state index contributed by atoms with van der Waals surface area (Å²) in [6.45, 7) is 15.7. The van der Waals surface area contributed by atoms with Crippen molar-refractivity contribution < 1.29 is 9.35 Å². The lowest BCUT2D eigenvalue weighted by Crippen LogP contribution is -2.43. The molecule has 1 aliphatic heterocycles. The fourth-order valence-electron chi connectivity index (χ4n) is 3.74. The van der Waals surface area contributed by atoms with Crippen LogP contribution in [0.25, 0.3) is 10.9 Å². The van der Waals surface area contributed by atoms with E-state index in [0.717, 1.165) is 49.1 Å². The Bertz CT molecular complexity index is 909. The topological polar surface area (TPSA) is 73.4 Å². The highest BCUT2D eigenvalue weighted by Gasteiger charge is 2.38. The standard InChI is InChI=1S/C21H34N4O3Si/c1-15-17-12-20(25(26)27)19(13-18(17)23(5)22-15)24-10-8-16(9-11-24)14-28-29(6,7)21(2,3)4/h12-13,16H,8-11,14H2,1-7H3. The summed E-state index contributed by atoms with van der Waals surface area (Å²) in [5.41, 5.74) is 2.63. The number of piperidine rings is 1. The first kappa shape index (κ1) is 21.8. The second-order valence-electron chi connectivity index (χ2n) is 9.83. The number of hydrogen-bond acceptors (Lipinski definition) is 5. The van der Waals surface area contributed by atoms with Crippen LogP contribution in [0.15, 0.2) is 12.1 Å². The third kappa shape index (κ3) is 4.33. The maximum Gasteiger partial charge on any atom is 0.293 e. The SMILES string of the molecule is Cc1nn(C)c2cc(N3CCC(CO[Si](C)(C)C(C)(C)C)CC3)c([N+](=O)[O-])cc12. The van der Waals surface area contributed by atoms with Crippen LogP contribution in [0.3, 0.4) is 0 Å². The minimum Gasteiger partial charge on any atom is -0.417 e. The number of fused-ring (bicyclic) bond motifs is 1. The highest BCUT2D eigenvalue weighted by atomic mass is 28.4. The Morgan fingerprint density at radius 3 is 2.45 bits per heavy atom. The van der Waals surface area contributed by atoms with Crippen LogP contribution in [-0.4, -0.2) is 42.7 Å². The van der Waals surface area contributed by atoms with Crippen LogP contribution in [0.4, 0.5) is 11.4 Å². The molecule has 1 aromatic carbocycles. The predicted octanol–water partition coefficient (Wildman–Crippen LogP) is 5.03. The largest absolute Gasteiger partial charge is 0.417 e. The summed E-state index contributed by atoms with van der Waals surface area (Å²) in [5, 5.41) is 17.2. The van der Waals surface area contributed by atoms with Crippen LogP contribution in [0.5, 0.6) is 0 Å². The summed E-state index contributed by atoms with van der Waals surface area (Å²) < 4.78 is 8.22. The highest BCUT2D eigenvalue weighted by molar-refractivity contribution is 6.74. The smallest absolute Gasteiger partial charge is 0.293 e. The zero-order valence-electron chi connectivity index (χ0n) is 18.8. The van der Waals surface area contributed by atoms with E-state index in [9.17, 15) is 10.1 Å². The molecule has 8 heteroatoms. The number of nitro groups is 1. The minimum atomic E-state index is -1.74. The number of nitrogens with zero attached hydrogens (tertiary/aromatic N) is 4. The van der Waals surface area contributed by atoms with Gasteiger partial charge in [0, 0.05) is 38.2 Å². The van der Waals surface area contributed by atoms with E-state index in [0.29, 0.717) is 11.6 Å². The van der Waals surface area contributed by atoms with Crippen molar-refractivity contribution >= 4 is 30.6 Å². The summed E-state index contributed by atoms with van der Waals surface area (Å²) in [7, 11) is 0.143. The van der Waals surface area contributed by atoms with Gasteiger partial charge in [0.1, 0.15) is 5.69 Å². The van der Waals surface area contributed by atoms with Gasteiger partial charge in [-0.2, -0.15) is 5.10 Å². The molecule has 2 heterocycles. The van der Waals surface area contributed by atoms with Gasteiger partial charge in [0.2, 0.25) is 0 Å². The lowest BCUT2D eigenvalue weighted by atomic mass is 9.97. The zero-order valence-corrected chi connectivity index (χ0v) is 19.8. The maximum absolute atomic E-state index is 11.7. The van der Waals surface area contributed by atoms with E-state index in [1.54, 1.807) is 10.7 Å². The lowest BCUT2D eigenvalue weighted by Gasteiger charge is -2.39. The molecule has 0 amide bonds. The van der Waals surface area contributed by atoms with Crippen LogP contribution in [0, 0.1) is 23.0 Å². The molecule has 3 rings (SSSR count). The Morgan fingerprint density at radius 1 is 1.28 bits per heavy atom. The Morgan fingerprint density at radius 2 is 1.90 bits per heavy atom. The summed E-state index contributed by atoms with van der Waals surface area (Å²) in [6, 6.07) is 3.61. The van der Waals surface area contributed by atoms with E-state index in [2.05, 4.69) is 43.9 Å². The summed E-state index contributed by atoms with van der Waals surface area (Å²) >= 11 is 0. The normalized spacial score (nSPS) is 16.6. The molecule has 0 N–H and O–H groups in total. The molecule has 0 aliphatic carbocycles. The Hall–Kier alpha value is -1.93. The van der Waals surface area contributed by atoms with Crippen LogP contribution in [0.1, 0.15) is 39.3 Å². The van der Waals surface area contributed by atoms with Crippen molar-refractivity contribution in [3.63, 3.8) is 0 Å². The zero-order chi connectivity index (χ0) is 21.6. The average molecular weight is 419 g/mol. The molecule has 7 nitrogen and oxygen atoms in total. The number of rotatable bonds is 5. The molecule has 0 unspecified atom stereocenters. The monoisotopic (exact) mass is 418 g/mol. The van der Waals surface area contributed by atoms with Crippen LogP contribution >= 0.6 is 0 Å². The van der Waals surface area contributed by atoms with Gasteiger partial charge in [0.05, 0.1) is 16.1 Å². The molecule has 0 atom stereocenters. The first-order valence-electron chi connectivity index (χ1n) is 10.4. The molecule has 2 aromatic rings. The lowest BCUT2D eigenvalue weighted by molar-refractivity contribution is -0.384. The fraction of sp³-hybridized carbons (Fsp3) is 0.667. The van der Waals surface area contributed by atoms with Crippen molar-refractivity contribution in [2.75, 3.05) is 24.6 Å². The van der Waals surface area contributed by atoms with Crippen molar-refractivity contribution in [1.82, 2.24) is 9.78 Å². The number of aryl methyl sites for hydroxylation is 2. The Labute approximate surface area is 174 Å². The number of hydrogen-bond donors (Lipinski definition) is 0. The molecule has 0 radical (unpaired) electrons. The molecule has 29 heavy (non-hydrogen) atoms. The van der Waals surface area contributed by atoms with Gasteiger partial charge in [-0.25, -0.2) is 0 Å². The summed E-state index contributed by atoms with van der Waals surface area (Å²) in [6.07, 6.45) is 1.99. The first-order valence-corrected chi connectivity index (χ1v) is 13.3. The number of aromatic nitrogens is 2. The van der Waals surface area contributed by atoms with Gasteiger partial charge in [-0.1, -0.05) is 20.8 Å². The Balaban J connectivity index is 1.74. The number of anilines is 1. The fourth-order valence-corrected chi connectivity index (χ4v) is 4.82. The van der Waals surface area contributed by atoms with E-state index in [1.165, 1.54) is 0 Å². The van der Waals surface area contributed by atoms with Gasteiger partial charge in [0.15, 0.2) is 8.32 Å². The molecule has 1 fully saturated rings. The van der Waals surface area contributed by atoms with Gasteiger partial charge < -0.3 is 9.33 Å². The molecule has 1 aromatic heterocycles. The Kier molecular flexibility index (Phi) is 5.79. The average Bonchev–Trinajstić information content (AvgIpc) is 2.92. The molecule has 0 spiro atoms. The molecule has 1 saturated heterocycles. The maximum atomic E-state index is 11.7. The van der Waals surface area contributed by atoms with E-state index >= 15 is 0 Å². The minimum absolute atomic E-state index is 0.171. The van der Waals surface area contributed by atoms with Gasteiger partial charge in [0.25, 0.3) is 5.69 Å². The molecule has 160 valence electrons. The van der Waals surface area contributed by atoms with E-state index < -0.39 is 8.32 Å². The second-order valence-corrected chi connectivity index (χ2v) is 14.6. The van der Waals surface area contributed by atoms with E-state index in [1.807, 2.05) is 20.0 Å². The predicted molar refractivity (Wildman–Crippen MR) is 120 cm³/mol. The van der Waals surface area contributed by atoms with Gasteiger partial charge in [-0.05, 0) is 49.9 Å². The number of nitro benzene ring substituents is 1. The van der Waals surface area contributed by atoms with Gasteiger partial charge in [-0.3, -0.25) is 14.8 Å².